The van der Waals surface area contributed by atoms with Crippen LogP contribution in [0.5, 0.6) is 5.75 Å². The predicted molar refractivity (Wildman–Crippen MR) is 77.2 cm³/mol. The number of nitrogens with zero attached hydrogens (tertiary/aromatic N) is 1. The number of aryl methyl sites for hydroxylation is 1. The summed E-state index contributed by atoms with van der Waals surface area (Å²) in [5.41, 5.74) is 1.89. The van der Waals surface area contributed by atoms with Crippen LogP contribution < -0.4 is 4.74 Å². The molecule has 1 aromatic heterocycles. The summed E-state index contributed by atoms with van der Waals surface area (Å²) in [6, 6.07) is 9.32. The molecular weight excluding hydrogens is 306 g/mol. The van der Waals surface area contributed by atoms with E-state index in [0.29, 0.717) is 5.75 Å². The molecule has 0 aliphatic rings. The molecule has 98 valence electrons. The van der Waals surface area contributed by atoms with E-state index in [-0.39, 0.29) is 11.9 Å². The van der Waals surface area contributed by atoms with Gasteiger partial charge in [-0.25, -0.2) is 0 Å². The fourth-order valence-corrected chi connectivity index (χ4v) is 1.98. The molecule has 0 N–H and O–H groups in total. The lowest BCUT2D eigenvalue weighted by molar-refractivity contribution is -0.135. The van der Waals surface area contributed by atoms with Crippen LogP contribution in [0.1, 0.15) is 24.0 Å². The highest BCUT2D eigenvalue weighted by molar-refractivity contribution is 9.10. The van der Waals surface area contributed by atoms with Crippen molar-refractivity contribution in [1.29, 1.82) is 0 Å². The van der Waals surface area contributed by atoms with Crippen LogP contribution >= 0.6 is 15.9 Å². The van der Waals surface area contributed by atoms with Gasteiger partial charge in [-0.1, -0.05) is 12.1 Å². The van der Waals surface area contributed by atoms with Crippen molar-refractivity contribution in [1.82, 2.24) is 4.98 Å². The van der Waals surface area contributed by atoms with Crippen LogP contribution in [0.15, 0.2) is 47.2 Å². The summed E-state index contributed by atoms with van der Waals surface area (Å²) >= 11 is 3.37. The number of hydrogen-bond acceptors (Lipinski definition) is 3. The summed E-state index contributed by atoms with van der Waals surface area (Å²) < 4.78 is 6.20. The number of hydrogen-bond donors (Lipinski definition) is 0. The first-order valence-corrected chi connectivity index (χ1v) is 6.75. The first-order chi connectivity index (χ1) is 9.08. The van der Waals surface area contributed by atoms with Crippen LogP contribution in [-0.4, -0.2) is 11.0 Å². The minimum atomic E-state index is -0.346. The predicted octanol–water partition coefficient (Wildman–Crippen LogP) is 3.86. The van der Waals surface area contributed by atoms with E-state index in [1.165, 1.54) is 0 Å². The molecule has 0 aliphatic heterocycles. The largest absolute Gasteiger partial charge is 0.425 e. The molecule has 19 heavy (non-hydrogen) atoms. The van der Waals surface area contributed by atoms with E-state index < -0.39 is 0 Å². The number of carbonyl (C=O) groups excluding carboxylic acids is 1. The summed E-state index contributed by atoms with van der Waals surface area (Å²) in [6.45, 7) is 3.76. The van der Waals surface area contributed by atoms with Gasteiger partial charge in [0.15, 0.2) is 0 Å². The molecule has 2 rings (SSSR count). The van der Waals surface area contributed by atoms with Crippen LogP contribution in [-0.2, 0) is 4.79 Å². The topological polar surface area (TPSA) is 39.2 Å². The summed E-state index contributed by atoms with van der Waals surface area (Å²) in [7, 11) is 0. The molecule has 1 heterocycles. The minimum Gasteiger partial charge on any atom is -0.425 e. The van der Waals surface area contributed by atoms with E-state index in [1.54, 1.807) is 12.4 Å². The first kappa shape index (κ1) is 13.7. The summed E-state index contributed by atoms with van der Waals surface area (Å²) in [5, 5.41) is 0. The fraction of sp³-hybridized carbons (Fsp3) is 0.200. The Hall–Kier alpha value is -1.68. The SMILES string of the molecule is Cc1ccc(Br)c(OC(=O)C(C)c2cccnc2)c1. The average molecular weight is 320 g/mol. The Morgan fingerprint density at radius 2 is 2.16 bits per heavy atom. The zero-order chi connectivity index (χ0) is 13.8. The molecule has 0 saturated heterocycles. The number of halogens is 1. The number of aromatic nitrogens is 1. The lowest BCUT2D eigenvalue weighted by Crippen LogP contribution is -2.16. The lowest BCUT2D eigenvalue weighted by Gasteiger charge is -2.12. The van der Waals surface area contributed by atoms with E-state index >= 15 is 0 Å². The van der Waals surface area contributed by atoms with E-state index in [0.717, 1.165) is 15.6 Å². The van der Waals surface area contributed by atoms with Gasteiger partial charge in [0, 0.05) is 12.4 Å². The van der Waals surface area contributed by atoms with Crippen molar-refractivity contribution in [2.75, 3.05) is 0 Å². The van der Waals surface area contributed by atoms with Gasteiger partial charge >= 0.3 is 5.97 Å². The van der Waals surface area contributed by atoms with Crippen molar-refractivity contribution in [3.05, 3.63) is 58.3 Å². The van der Waals surface area contributed by atoms with Crippen LogP contribution in [0.4, 0.5) is 0 Å². The maximum atomic E-state index is 12.1. The van der Waals surface area contributed by atoms with E-state index in [1.807, 2.05) is 44.2 Å². The molecule has 1 unspecified atom stereocenters. The Labute approximate surface area is 120 Å². The van der Waals surface area contributed by atoms with Crippen LogP contribution in [0.2, 0.25) is 0 Å². The van der Waals surface area contributed by atoms with Gasteiger partial charge in [-0.15, -0.1) is 0 Å². The Kier molecular flexibility index (Phi) is 4.32. The van der Waals surface area contributed by atoms with Crippen LogP contribution in [0.25, 0.3) is 0 Å². The van der Waals surface area contributed by atoms with Gasteiger partial charge in [-0.3, -0.25) is 9.78 Å². The van der Waals surface area contributed by atoms with Gasteiger partial charge in [-0.2, -0.15) is 0 Å². The monoisotopic (exact) mass is 319 g/mol. The minimum absolute atomic E-state index is 0.292. The zero-order valence-electron chi connectivity index (χ0n) is 10.8. The molecule has 0 saturated carbocycles. The van der Waals surface area contributed by atoms with Crippen LogP contribution in [0.3, 0.4) is 0 Å². The molecule has 1 atom stereocenters. The van der Waals surface area contributed by atoms with Crippen molar-refractivity contribution in [3.63, 3.8) is 0 Å². The normalized spacial score (nSPS) is 11.9. The molecule has 4 heteroatoms. The Morgan fingerprint density at radius 1 is 1.37 bits per heavy atom. The first-order valence-electron chi connectivity index (χ1n) is 5.95. The van der Waals surface area contributed by atoms with E-state index in [4.69, 9.17) is 4.74 Å². The van der Waals surface area contributed by atoms with Gasteiger partial charge in [0.1, 0.15) is 5.75 Å². The third-order valence-corrected chi connectivity index (χ3v) is 3.49. The molecule has 0 radical (unpaired) electrons. The summed E-state index contributed by atoms with van der Waals surface area (Å²) in [5.74, 6) is -0.0962. The highest BCUT2D eigenvalue weighted by Crippen LogP contribution is 2.27. The summed E-state index contributed by atoms with van der Waals surface area (Å²) in [4.78, 5) is 16.1. The van der Waals surface area contributed by atoms with Gasteiger partial charge in [0.25, 0.3) is 0 Å². The Bertz CT molecular complexity index is 584. The van der Waals surface area contributed by atoms with Gasteiger partial charge in [0.05, 0.1) is 10.4 Å². The maximum Gasteiger partial charge on any atom is 0.318 e. The smallest absolute Gasteiger partial charge is 0.318 e. The third kappa shape index (κ3) is 3.41. The highest BCUT2D eigenvalue weighted by Gasteiger charge is 2.18. The number of rotatable bonds is 3. The van der Waals surface area contributed by atoms with Crippen LogP contribution in [0, 0.1) is 6.92 Å². The van der Waals surface area contributed by atoms with Crippen molar-refractivity contribution in [2.45, 2.75) is 19.8 Å². The fourth-order valence-electron chi connectivity index (χ4n) is 1.65. The molecule has 0 spiro atoms. The highest BCUT2D eigenvalue weighted by atomic mass is 79.9. The molecule has 0 fully saturated rings. The maximum absolute atomic E-state index is 12.1. The summed E-state index contributed by atoms with van der Waals surface area (Å²) in [6.07, 6.45) is 3.36. The molecule has 0 bridgehead atoms. The zero-order valence-corrected chi connectivity index (χ0v) is 12.3. The molecule has 0 amide bonds. The van der Waals surface area contributed by atoms with Crippen molar-refractivity contribution in [2.24, 2.45) is 0 Å². The van der Waals surface area contributed by atoms with Crippen molar-refractivity contribution < 1.29 is 9.53 Å². The Morgan fingerprint density at radius 3 is 2.84 bits per heavy atom. The number of benzene rings is 1. The lowest BCUT2D eigenvalue weighted by atomic mass is 10.0. The van der Waals surface area contributed by atoms with E-state index in [9.17, 15) is 4.79 Å². The average Bonchev–Trinajstić information content (AvgIpc) is 2.43. The molecule has 2 aromatic rings. The molecule has 3 nitrogen and oxygen atoms in total. The second-order valence-electron chi connectivity index (χ2n) is 4.36. The standard InChI is InChI=1S/C15H14BrNO2/c1-10-5-6-13(16)14(8-10)19-15(18)11(2)12-4-3-7-17-9-12/h3-9,11H,1-2H3. The molecule has 1 aromatic carbocycles. The van der Waals surface area contributed by atoms with Gasteiger partial charge < -0.3 is 4.74 Å². The quantitative estimate of drug-likeness (QED) is 0.637. The van der Waals surface area contributed by atoms with Gasteiger partial charge in [0.2, 0.25) is 0 Å². The number of carbonyl (C=O) groups is 1. The number of ether oxygens (including phenoxy) is 1. The molecule has 0 aliphatic carbocycles. The Balaban J connectivity index is 2.15. The van der Waals surface area contributed by atoms with E-state index in [2.05, 4.69) is 20.9 Å². The van der Waals surface area contributed by atoms with Gasteiger partial charge in [-0.05, 0) is 59.1 Å². The molecular formula is C15H14BrNO2. The number of esters is 1. The second kappa shape index (κ2) is 5.97. The third-order valence-electron chi connectivity index (χ3n) is 2.84. The second-order valence-corrected chi connectivity index (χ2v) is 5.22. The number of pyridine rings is 1. The van der Waals surface area contributed by atoms with Crippen molar-refractivity contribution in [3.8, 4) is 5.75 Å². The van der Waals surface area contributed by atoms with Crippen molar-refractivity contribution >= 4 is 21.9 Å².